The third-order valence-electron chi connectivity index (χ3n) is 9.23. The number of ketones is 2. The summed E-state index contributed by atoms with van der Waals surface area (Å²) in [4.78, 5) is 67.0. The van der Waals surface area contributed by atoms with Gasteiger partial charge in [0.25, 0.3) is 0 Å². The number of amides is 2. The number of ether oxygens (including phenoxy) is 2. The number of hydrogen-bond acceptors (Lipinski definition) is 7. The highest BCUT2D eigenvalue weighted by Gasteiger charge is 2.44. The van der Waals surface area contributed by atoms with Gasteiger partial charge in [0, 0.05) is 18.8 Å². The smallest absolute Gasteiger partial charge is 0.408 e. The summed E-state index contributed by atoms with van der Waals surface area (Å²) in [6.07, 6.45) is -1.59. The number of aliphatic carboxylic acids is 1. The molecule has 13 heteroatoms. The molecule has 2 N–H and O–H groups in total. The fraction of sp³-hybridized carbons (Fsp3) is 0.289. The Morgan fingerprint density at radius 2 is 1.69 bits per heavy atom. The number of para-hydroxylation sites is 1. The Balaban J connectivity index is 1.16. The lowest BCUT2D eigenvalue weighted by molar-refractivity contribution is -0.142. The lowest BCUT2D eigenvalue weighted by atomic mass is 9.90. The molecule has 4 aromatic carbocycles. The molecule has 2 aliphatic heterocycles. The molecule has 0 saturated heterocycles. The molecular weight excluding hydrogens is 669 g/mol. The van der Waals surface area contributed by atoms with Crippen LogP contribution in [0, 0.1) is 30.3 Å². The molecule has 0 fully saturated rings. The number of carbonyl (C=O) groups is 5. The normalized spacial score (nSPS) is 17.0. The summed E-state index contributed by atoms with van der Waals surface area (Å²) >= 11 is 0. The number of carbonyl (C=O) groups excluding carboxylic acids is 4. The number of hydrogen-bond donors (Lipinski definition) is 2. The van der Waals surface area contributed by atoms with E-state index in [0.29, 0.717) is 23.7 Å². The number of alkyl carbamates (subject to hydrolysis) is 1. The highest BCUT2D eigenvalue weighted by molar-refractivity contribution is 6.08. The Labute approximate surface area is 290 Å². The molecule has 3 atom stereocenters. The van der Waals surface area contributed by atoms with Gasteiger partial charge in [-0.05, 0) is 64.9 Å². The van der Waals surface area contributed by atoms with E-state index < -0.39 is 90.2 Å². The second kappa shape index (κ2) is 14.6. The van der Waals surface area contributed by atoms with Crippen molar-refractivity contribution < 1.29 is 51.7 Å². The van der Waals surface area contributed by atoms with Gasteiger partial charge in [-0.2, -0.15) is 4.39 Å². The Morgan fingerprint density at radius 3 is 2.45 bits per heavy atom. The maximum Gasteiger partial charge on any atom is 0.408 e. The fourth-order valence-electron chi connectivity index (χ4n) is 6.66. The number of benzene rings is 4. The summed E-state index contributed by atoms with van der Waals surface area (Å²) < 4.78 is 53.0. The average Bonchev–Trinajstić information content (AvgIpc) is 3.45. The molecule has 0 radical (unpaired) electrons. The summed E-state index contributed by atoms with van der Waals surface area (Å²) in [5, 5.41) is 14.1. The molecule has 0 aromatic heterocycles. The van der Waals surface area contributed by atoms with Crippen molar-refractivity contribution in [2.24, 2.45) is 5.92 Å². The SMILES string of the molecule is Cc1cc(F)c(F)c(OCC(=O)C(CC(=O)O)CC(=O)[C@@H]2Cc3cccc4c3N2C(=O)[C@@H](NC(=O)OCc2ccc3ccccc3c2)CC4)c1F. The van der Waals surface area contributed by atoms with Crippen LogP contribution in [-0.2, 0) is 43.4 Å². The van der Waals surface area contributed by atoms with Crippen molar-refractivity contribution in [2.75, 3.05) is 11.5 Å². The van der Waals surface area contributed by atoms with Crippen molar-refractivity contribution in [3.05, 3.63) is 106 Å². The number of carboxylic acid groups (broad SMARTS) is 1. The summed E-state index contributed by atoms with van der Waals surface area (Å²) in [6.45, 7) is 0.0866. The van der Waals surface area contributed by atoms with Crippen LogP contribution in [0.25, 0.3) is 10.8 Å². The Hall–Kier alpha value is -5.72. The number of nitrogens with zero attached hydrogens (tertiary/aromatic N) is 1. The van der Waals surface area contributed by atoms with Crippen LogP contribution in [0.15, 0.2) is 66.7 Å². The third kappa shape index (κ3) is 7.42. The Morgan fingerprint density at radius 1 is 0.941 bits per heavy atom. The van der Waals surface area contributed by atoms with E-state index in [1.54, 1.807) is 12.1 Å². The molecule has 2 aliphatic rings. The van der Waals surface area contributed by atoms with E-state index in [1.807, 2.05) is 48.5 Å². The number of carboxylic acids is 1. The van der Waals surface area contributed by atoms with Gasteiger partial charge in [-0.25, -0.2) is 13.6 Å². The number of nitrogens with one attached hydrogen (secondary N) is 1. The summed E-state index contributed by atoms with van der Waals surface area (Å²) in [6, 6.07) is 17.1. The van der Waals surface area contributed by atoms with E-state index in [4.69, 9.17) is 9.47 Å². The van der Waals surface area contributed by atoms with Gasteiger partial charge in [-0.1, -0.05) is 54.6 Å². The zero-order valence-electron chi connectivity index (χ0n) is 27.4. The van der Waals surface area contributed by atoms with Crippen LogP contribution >= 0.6 is 0 Å². The van der Waals surface area contributed by atoms with Crippen molar-refractivity contribution in [3.8, 4) is 5.75 Å². The minimum absolute atomic E-state index is 0.0480. The number of fused-ring (bicyclic) bond motifs is 1. The van der Waals surface area contributed by atoms with Gasteiger partial charge < -0.3 is 19.9 Å². The first kappa shape index (κ1) is 35.1. The standard InChI is InChI=1S/C38H33F3N2O8/c1-20-13-27(39)34(41)36(33(20)40)50-19-31(45)26(17-32(46)47)16-30(44)29-15-25-8-4-7-23-11-12-28(37(48)43(29)35(23)25)42-38(49)51-18-21-9-10-22-5-2-3-6-24(22)14-21/h2-10,13-14,26,28-29H,11-12,15-19H2,1H3,(H,42,49)(H,46,47)/t26?,28-,29-/m0/s1. The van der Waals surface area contributed by atoms with Crippen molar-refractivity contribution in [1.82, 2.24) is 5.32 Å². The van der Waals surface area contributed by atoms with Gasteiger partial charge in [0.15, 0.2) is 29.0 Å². The highest BCUT2D eigenvalue weighted by Crippen LogP contribution is 2.40. The van der Waals surface area contributed by atoms with Crippen LogP contribution in [-0.4, -0.2) is 53.3 Å². The molecule has 0 saturated carbocycles. The molecule has 6 rings (SSSR count). The van der Waals surface area contributed by atoms with Crippen molar-refractivity contribution in [2.45, 2.75) is 57.7 Å². The number of rotatable bonds is 12. The van der Waals surface area contributed by atoms with E-state index >= 15 is 0 Å². The molecule has 0 bridgehead atoms. The van der Waals surface area contributed by atoms with E-state index in [0.717, 1.165) is 21.9 Å². The minimum Gasteiger partial charge on any atom is -0.481 e. The monoisotopic (exact) mass is 702 g/mol. The van der Waals surface area contributed by atoms with Crippen LogP contribution < -0.4 is 15.0 Å². The maximum absolute atomic E-state index is 14.5. The van der Waals surface area contributed by atoms with Crippen LogP contribution in [0.4, 0.5) is 23.7 Å². The predicted molar refractivity (Wildman–Crippen MR) is 178 cm³/mol. The lowest BCUT2D eigenvalue weighted by Gasteiger charge is -2.28. The minimum atomic E-state index is -1.66. The fourth-order valence-corrected chi connectivity index (χ4v) is 6.66. The first-order chi connectivity index (χ1) is 24.4. The second-order valence-corrected chi connectivity index (χ2v) is 12.7. The molecule has 0 aliphatic carbocycles. The average molecular weight is 703 g/mol. The molecule has 1 unspecified atom stereocenters. The summed E-state index contributed by atoms with van der Waals surface area (Å²) in [7, 11) is 0. The number of halogens is 3. The number of aryl methyl sites for hydroxylation is 2. The predicted octanol–water partition coefficient (Wildman–Crippen LogP) is 5.76. The van der Waals surface area contributed by atoms with E-state index in [1.165, 1.54) is 11.8 Å². The Bertz CT molecular complexity index is 2040. The largest absolute Gasteiger partial charge is 0.481 e. The molecule has 4 aromatic rings. The second-order valence-electron chi connectivity index (χ2n) is 12.7. The summed E-state index contributed by atoms with van der Waals surface area (Å²) in [5.41, 5.74) is 2.45. The topological polar surface area (TPSA) is 139 Å². The van der Waals surface area contributed by atoms with Gasteiger partial charge in [-0.3, -0.25) is 24.1 Å². The molecule has 0 spiro atoms. The molecule has 2 amide bonds. The number of Topliss-reactive ketones (excluding diaryl/α,β-unsaturated/α-hetero) is 2. The highest BCUT2D eigenvalue weighted by atomic mass is 19.2. The molecule has 10 nitrogen and oxygen atoms in total. The van der Waals surface area contributed by atoms with Crippen LogP contribution in [0.5, 0.6) is 5.75 Å². The van der Waals surface area contributed by atoms with Gasteiger partial charge in [-0.15, -0.1) is 0 Å². The zero-order chi connectivity index (χ0) is 36.4. The van der Waals surface area contributed by atoms with Crippen LogP contribution in [0.2, 0.25) is 0 Å². The first-order valence-electron chi connectivity index (χ1n) is 16.3. The zero-order valence-corrected chi connectivity index (χ0v) is 27.4. The van der Waals surface area contributed by atoms with Gasteiger partial charge in [0.05, 0.1) is 18.2 Å². The third-order valence-corrected chi connectivity index (χ3v) is 9.23. The van der Waals surface area contributed by atoms with E-state index in [-0.39, 0.29) is 25.0 Å². The van der Waals surface area contributed by atoms with Crippen molar-refractivity contribution in [3.63, 3.8) is 0 Å². The van der Waals surface area contributed by atoms with Crippen molar-refractivity contribution >= 4 is 46.0 Å². The molecule has 2 heterocycles. The van der Waals surface area contributed by atoms with Gasteiger partial charge in [0.1, 0.15) is 19.3 Å². The Kier molecular flexibility index (Phi) is 10.1. The van der Waals surface area contributed by atoms with E-state index in [2.05, 4.69) is 5.32 Å². The van der Waals surface area contributed by atoms with Crippen LogP contribution in [0.3, 0.4) is 0 Å². The molecular formula is C38H33F3N2O8. The molecule has 264 valence electrons. The maximum atomic E-state index is 14.5. The first-order valence-corrected chi connectivity index (χ1v) is 16.3. The molecule has 51 heavy (non-hydrogen) atoms. The quantitative estimate of drug-likeness (QED) is 0.178. The van der Waals surface area contributed by atoms with Crippen LogP contribution in [0.1, 0.15) is 41.5 Å². The number of anilines is 1. The van der Waals surface area contributed by atoms with Gasteiger partial charge >= 0.3 is 12.1 Å². The van der Waals surface area contributed by atoms with Crippen molar-refractivity contribution in [1.29, 1.82) is 0 Å². The lowest BCUT2D eigenvalue weighted by Crippen LogP contribution is -2.52. The van der Waals surface area contributed by atoms with Gasteiger partial charge in [0.2, 0.25) is 11.7 Å². The summed E-state index contributed by atoms with van der Waals surface area (Å²) in [5.74, 6) is -10.5. The van der Waals surface area contributed by atoms with E-state index in [9.17, 15) is 42.3 Å².